The Morgan fingerprint density at radius 1 is 1.23 bits per heavy atom. The summed E-state index contributed by atoms with van der Waals surface area (Å²) in [4.78, 5) is 31.7. The first-order chi connectivity index (χ1) is 16.8. The Bertz CT molecular complexity index is 1500. The molecule has 0 unspecified atom stereocenters. The number of phenols is 1. The van der Waals surface area contributed by atoms with E-state index < -0.39 is 12.0 Å². The van der Waals surface area contributed by atoms with Gasteiger partial charge in [0.25, 0.3) is 5.56 Å². The highest BCUT2D eigenvalue weighted by Gasteiger charge is 2.33. The second kappa shape index (κ2) is 10.1. The molecule has 182 valence electrons. The molecule has 0 saturated carbocycles. The highest BCUT2D eigenvalue weighted by atomic mass is 79.9. The Balaban J connectivity index is 1.95. The van der Waals surface area contributed by atoms with Gasteiger partial charge in [-0.3, -0.25) is 9.36 Å². The van der Waals surface area contributed by atoms with Crippen LogP contribution in [0.1, 0.15) is 31.0 Å². The minimum atomic E-state index is -0.712. The number of aromatic hydroxyl groups is 1. The lowest BCUT2D eigenvalue weighted by Crippen LogP contribution is -2.39. The Hall–Kier alpha value is -3.37. The first kappa shape index (κ1) is 24.7. The first-order valence-corrected chi connectivity index (χ1v) is 12.3. The van der Waals surface area contributed by atoms with Crippen LogP contribution in [-0.2, 0) is 9.53 Å². The molecule has 8 nitrogen and oxygen atoms in total. The van der Waals surface area contributed by atoms with Crippen molar-refractivity contribution < 1.29 is 24.1 Å². The predicted octanol–water partition coefficient (Wildman–Crippen LogP) is 3.28. The van der Waals surface area contributed by atoms with Gasteiger partial charge >= 0.3 is 5.97 Å². The minimum Gasteiger partial charge on any atom is -0.504 e. The smallest absolute Gasteiger partial charge is 0.338 e. The van der Waals surface area contributed by atoms with E-state index in [2.05, 4.69) is 20.9 Å². The maximum atomic E-state index is 13.7. The molecule has 3 aromatic rings. The summed E-state index contributed by atoms with van der Waals surface area (Å²) >= 11 is 4.64. The van der Waals surface area contributed by atoms with Crippen molar-refractivity contribution in [2.75, 3.05) is 20.8 Å². The van der Waals surface area contributed by atoms with Crippen LogP contribution in [-0.4, -0.2) is 36.5 Å². The minimum absolute atomic E-state index is 0.0211. The number of carbonyl (C=O) groups excluding carboxylic acids is 1. The molecular weight excluding hydrogens is 536 g/mol. The van der Waals surface area contributed by atoms with E-state index >= 15 is 0 Å². The Morgan fingerprint density at radius 3 is 2.57 bits per heavy atom. The molecule has 0 spiro atoms. The second-order valence-corrected chi connectivity index (χ2v) is 9.48. The number of phenolic OH excluding ortho intramolecular Hbond substituents is 1. The van der Waals surface area contributed by atoms with Crippen LogP contribution in [0.2, 0.25) is 0 Å². The van der Waals surface area contributed by atoms with Crippen LogP contribution in [0.4, 0.5) is 0 Å². The third-order valence-corrected chi connectivity index (χ3v) is 7.20. The van der Waals surface area contributed by atoms with Gasteiger partial charge in [0.1, 0.15) is 5.75 Å². The molecule has 0 aliphatic carbocycles. The summed E-state index contributed by atoms with van der Waals surface area (Å²) < 4.78 is 18.3. The average molecular weight is 559 g/mol. The van der Waals surface area contributed by atoms with Gasteiger partial charge in [-0.2, -0.15) is 0 Å². The van der Waals surface area contributed by atoms with Gasteiger partial charge in [-0.05, 0) is 55.3 Å². The van der Waals surface area contributed by atoms with E-state index in [1.807, 2.05) is 12.1 Å². The van der Waals surface area contributed by atoms with E-state index in [0.29, 0.717) is 36.4 Å². The highest BCUT2D eigenvalue weighted by molar-refractivity contribution is 9.10. The van der Waals surface area contributed by atoms with Gasteiger partial charge in [-0.1, -0.05) is 39.4 Å². The van der Waals surface area contributed by atoms with Crippen LogP contribution in [0.5, 0.6) is 17.2 Å². The molecule has 0 saturated heterocycles. The zero-order valence-electron chi connectivity index (χ0n) is 19.5. The lowest BCUT2D eigenvalue weighted by atomic mass is 9.96. The Labute approximate surface area is 213 Å². The zero-order chi connectivity index (χ0) is 25.3. The number of thiazole rings is 1. The number of hydrogen-bond donors (Lipinski definition) is 1. The lowest BCUT2D eigenvalue weighted by Gasteiger charge is -2.24. The van der Waals surface area contributed by atoms with Gasteiger partial charge in [0.15, 0.2) is 16.3 Å². The number of rotatable bonds is 6. The van der Waals surface area contributed by atoms with Crippen molar-refractivity contribution in [1.82, 2.24) is 4.57 Å². The van der Waals surface area contributed by atoms with Gasteiger partial charge in [0.05, 0.1) is 42.7 Å². The maximum Gasteiger partial charge on any atom is 0.338 e. The molecule has 2 aromatic carbocycles. The SMILES string of the molecule is CCOC(=O)C1=C(C)N=c2s/c(=C/c3cc(OC)c(O)cc3Br)c(=O)n2[C@H]1c1ccc(OC)cc1. The molecule has 35 heavy (non-hydrogen) atoms. The largest absolute Gasteiger partial charge is 0.504 e. The number of methoxy groups -OCH3 is 2. The van der Waals surface area contributed by atoms with E-state index in [1.54, 1.807) is 45.2 Å². The molecule has 1 N–H and O–H groups in total. The molecule has 2 heterocycles. The van der Waals surface area contributed by atoms with Gasteiger partial charge in [-0.25, -0.2) is 9.79 Å². The number of aromatic nitrogens is 1. The molecule has 0 bridgehead atoms. The van der Waals surface area contributed by atoms with Crippen molar-refractivity contribution in [1.29, 1.82) is 0 Å². The third kappa shape index (κ3) is 4.63. The van der Waals surface area contributed by atoms with Crippen molar-refractivity contribution in [2.45, 2.75) is 19.9 Å². The van der Waals surface area contributed by atoms with Crippen LogP contribution in [0.15, 0.2) is 61.9 Å². The van der Waals surface area contributed by atoms with Crippen LogP contribution < -0.4 is 24.4 Å². The summed E-state index contributed by atoms with van der Waals surface area (Å²) in [6, 6.07) is 9.63. The quantitative estimate of drug-likeness (QED) is 0.466. The number of esters is 1. The summed E-state index contributed by atoms with van der Waals surface area (Å²) in [6.45, 7) is 3.67. The van der Waals surface area contributed by atoms with Gasteiger partial charge in [0, 0.05) is 4.47 Å². The molecular formula is C25H23BrN2O6S. The third-order valence-electron chi connectivity index (χ3n) is 5.53. The molecule has 0 radical (unpaired) electrons. The van der Waals surface area contributed by atoms with Crippen molar-refractivity contribution >= 4 is 39.3 Å². The van der Waals surface area contributed by atoms with Crippen molar-refractivity contribution in [3.8, 4) is 17.2 Å². The molecule has 1 aliphatic heterocycles. The lowest BCUT2D eigenvalue weighted by molar-refractivity contribution is -0.139. The number of fused-ring (bicyclic) bond motifs is 1. The van der Waals surface area contributed by atoms with Crippen molar-refractivity contribution in [2.24, 2.45) is 4.99 Å². The normalized spacial score (nSPS) is 15.5. The second-order valence-electron chi connectivity index (χ2n) is 7.62. The summed E-state index contributed by atoms with van der Waals surface area (Å²) in [7, 11) is 3.03. The van der Waals surface area contributed by atoms with Crippen LogP contribution in [0, 0.1) is 0 Å². The first-order valence-electron chi connectivity index (χ1n) is 10.7. The molecule has 1 atom stereocenters. The van der Waals surface area contributed by atoms with Crippen molar-refractivity contribution in [3.05, 3.63) is 83.0 Å². The molecule has 10 heteroatoms. The Morgan fingerprint density at radius 2 is 1.94 bits per heavy atom. The molecule has 4 rings (SSSR count). The summed E-state index contributed by atoms with van der Waals surface area (Å²) in [5.74, 6) is 0.400. The molecule has 1 aliphatic rings. The molecule has 0 amide bonds. The average Bonchev–Trinajstić information content (AvgIpc) is 3.14. The number of hydrogen-bond acceptors (Lipinski definition) is 8. The van der Waals surface area contributed by atoms with E-state index in [-0.39, 0.29) is 23.7 Å². The van der Waals surface area contributed by atoms with Gasteiger partial charge in [-0.15, -0.1) is 0 Å². The Kier molecular flexibility index (Phi) is 7.13. The van der Waals surface area contributed by atoms with Crippen molar-refractivity contribution in [3.63, 3.8) is 0 Å². The fraction of sp³-hybridized carbons (Fsp3) is 0.240. The molecule has 0 fully saturated rings. The maximum absolute atomic E-state index is 13.7. The number of ether oxygens (including phenoxy) is 3. The number of benzene rings is 2. The number of nitrogens with zero attached hydrogens (tertiary/aromatic N) is 2. The van der Waals surface area contributed by atoms with E-state index in [0.717, 1.165) is 5.56 Å². The predicted molar refractivity (Wildman–Crippen MR) is 136 cm³/mol. The zero-order valence-corrected chi connectivity index (χ0v) is 21.9. The van der Waals surface area contributed by atoms with E-state index in [1.165, 1.54) is 29.1 Å². The van der Waals surface area contributed by atoms with Gasteiger partial charge in [0.2, 0.25) is 0 Å². The number of allylic oxidation sites excluding steroid dienone is 1. The standard InChI is InChI=1S/C25H23BrN2O6S/c1-5-34-24(31)21-13(2)27-25-28(22(21)14-6-8-16(32-3)9-7-14)23(30)20(35-25)11-15-10-19(33-4)18(29)12-17(15)26/h6-12,22,29H,5H2,1-4H3/b20-11+/t22-/m0/s1. The fourth-order valence-corrected chi connectivity index (χ4v) is 5.35. The van der Waals surface area contributed by atoms with E-state index in [9.17, 15) is 14.7 Å². The van der Waals surface area contributed by atoms with E-state index in [4.69, 9.17) is 14.2 Å². The van der Waals surface area contributed by atoms with Crippen LogP contribution in [0.3, 0.4) is 0 Å². The monoisotopic (exact) mass is 558 g/mol. The highest BCUT2D eigenvalue weighted by Crippen LogP contribution is 2.33. The summed E-state index contributed by atoms with van der Waals surface area (Å²) in [5.41, 5.74) is 1.87. The van der Waals surface area contributed by atoms with Gasteiger partial charge < -0.3 is 19.3 Å². The van der Waals surface area contributed by atoms with Crippen LogP contribution in [0.25, 0.3) is 6.08 Å². The topological polar surface area (TPSA) is 99.4 Å². The van der Waals surface area contributed by atoms with Crippen LogP contribution >= 0.6 is 27.3 Å². The number of carbonyl (C=O) groups is 1. The summed E-state index contributed by atoms with van der Waals surface area (Å²) in [5, 5.41) is 10.0. The molecule has 1 aromatic heterocycles. The fourth-order valence-electron chi connectivity index (χ4n) is 3.87. The number of halogens is 1. The summed E-state index contributed by atoms with van der Waals surface area (Å²) in [6.07, 6.45) is 1.70.